The summed E-state index contributed by atoms with van der Waals surface area (Å²) in [6.45, 7) is 0.320. The van der Waals surface area contributed by atoms with Crippen molar-refractivity contribution in [2.75, 3.05) is 0 Å². The molecule has 0 saturated heterocycles. The molecular weight excluding hydrogens is 294 g/mol. The summed E-state index contributed by atoms with van der Waals surface area (Å²) in [5.41, 5.74) is 0.972. The lowest BCUT2D eigenvalue weighted by atomic mass is 10.2. The molecule has 0 atom stereocenters. The van der Waals surface area contributed by atoms with Gasteiger partial charge in [0, 0.05) is 11.4 Å². The van der Waals surface area contributed by atoms with E-state index in [0.717, 1.165) is 5.56 Å². The molecule has 0 amide bonds. The van der Waals surface area contributed by atoms with Crippen molar-refractivity contribution in [3.05, 3.63) is 35.9 Å². The summed E-state index contributed by atoms with van der Waals surface area (Å²) in [5.74, 6) is 0. The lowest BCUT2D eigenvalue weighted by molar-refractivity contribution is 0.310. The molecule has 1 aromatic rings. The second-order valence-corrected chi connectivity index (χ2v) is 11.2. The van der Waals surface area contributed by atoms with E-state index in [2.05, 4.69) is 0 Å². The lowest BCUT2D eigenvalue weighted by Gasteiger charge is -2.06. The monoisotopic (exact) mass is 300 g/mol. The minimum Gasteiger partial charge on any atom is -0.473 e. The van der Waals surface area contributed by atoms with E-state index in [1.165, 1.54) is 0 Å². The van der Waals surface area contributed by atoms with Gasteiger partial charge in [0.05, 0.1) is 0 Å². The van der Waals surface area contributed by atoms with Gasteiger partial charge in [0.2, 0.25) is 4.38 Å². The fourth-order valence-corrected chi connectivity index (χ4v) is 4.66. The summed E-state index contributed by atoms with van der Waals surface area (Å²) >= 11 is 16.1. The van der Waals surface area contributed by atoms with E-state index in [-0.39, 0.29) is 4.38 Å². The molecule has 0 fully saturated rings. The van der Waals surface area contributed by atoms with Crippen molar-refractivity contribution < 1.29 is 9.30 Å². The number of rotatable bonds is 3. The molecule has 1 aromatic carbocycles. The lowest BCUT2D eigenvalue weighted by Crippen LogP contribution is -1.96. The van der Waals surface area contributed by atoms with Crippen LogP contribution in [0.15, 0.2) is 30.3 Å². The predicted molar refractivity (Wildman–Crippen MR) is 70.7 cm³/mol. The molecule has 0 aliphatic rings. The Labute approximate surface area is 107 Å². The Morgan fingerprint density at radius 1 is 1.40 bits per heavy atom. The van der Waals surface area contributed by atoms with Crippen LogP contribution in [0.1, 0.15) is 5.56 Å². The zero-order valence-electron chi connectivity index (χ0n) is 7.43. The van der Waals surface area contributed by atoms with Crippen LogP contribution < -0.4 is 0 Å². The van der Waals surface area contributed by atoms with Crippen LogP contribution in [-0.2, 0) is 15.9 Å². The highest BCUT2D eigenvalue weighted by molar-refractivity contribution is 8.79. The predicted octanol–water partition coefficient (Wildman–Crippen LogP) is 4.81. The highest BCUT2D eigenvalue weighted by Gasteiger charge is 2.18. The van der Waals surface area contributed by atoms with Gasteiger partial charge in [0.1, 0.15) is 6.61 Å². The van der Waals surface area contributed by atoms with Crippen LogP contribution in [-0.4, -0.2) is 4.38 Å². The standard InChI is InChI=1S/C8H7Cl2O2PS2/c9-13(10,11)15-8(14)12-6-7-4-2-1-3-5-7/h1-5H,6H2. The third-order valence-electron chi connectivity index (χ3n) is 1.38. The van der Waals surface area contributed by atoms with Crippen molar-refractivity contribution in [3.8, 4) is 0 Å². The molecule has 2 nitrogen and oxygen atoms in total. The first-order chi connectivity index (χ1) is 6.97. The summed E-state index contributed by atoms with van der Waals surface area (Å²) in [6, 6.07) is 9.48. The number of thiocarbonyl (C=S) groups is 1. The molecule has 0 bridgehead atoms. The molecule has 7 heteroatoms. The average molecular weight is 301 g/mol. The van der Waals surface area contributed by atoms with Crippen molar-refractivity contribution >= 4 is 55.5 Å². The molecule has 0 saturated carbocycles. The van der Waals surface area contributed by atoms with E-state index in [4.69, 9.17) is 39.4 Å². The SMILES string of the molecule is O=P(Cl)(Cl)SC(=S)OCc1ccccc1. The fraction of sp³-hybridized carbons (Fsp3) is 0.125. The van der Waals surface area contributed by atoms with E-state index in [0.29, 0.717) is 18.0 Å². The van der Waals surface area contributed by atoms with Crippen LogP contribution >= 0.6 is 51.1 Å². The van der Waals surface area contributed by atoms with Gasteiger partial charge in [-0.2, -0.15) is 0 Å². The smallest absolute Gasteiger partial charge is 0.315 e. The van der Waals surface area contributed by atoms with Crippen LogP contribution in [0.5, 0.6) is 0 Å². The van der Waals surface area contributed by atoms with Gasteiger partial charge in [0.15, 0.2) is 0 Å². The van der Waals surface area contributed by atoms with Crippen molar-refractivity contribution in [2.45, 2.75) is 6.61 Å². The van der Waals surface area contributed by atoms with E-state index in [9.17, 15) is 4.57 Å². The Hall–Kier alpha value is 0.270. The van der Waals surface area contributed by atoms with E-state index < -0.39 is 5.05 Å². The highest BCUT2D eigenvalue weighted by Crippen LogP contribution is 2.68. The van der Waals surface area contributed by atoms with Gasteiger partial charge in [-0.25, -0.2) is 0 Å². The quantitative estimate of drug-likeness (QED) is 0.591. The molecule has 0 unspecified atom stereocenters. The number of halogens is 2. The van der Waals surface area contributed by atoms with Gasteiger partial charge in [0.25, 0.3) is 0 Å². The van der Waals surface area contributed by atoms with Crippen molar-refractivity contribution in [3.63, 3.8) is 0 Å². The first kappa shape index (κ1) is 13.3. The summed E-state index contributed by atoms with van der Waals surface area (Å²) in [5, 5.41) is -3.25. The normalized spacial score (nSPS) is 11.1. The third-order valence-corrected chi connectivity index (χ3v) is 4.98. The maximum atomic E-state index is 11.0. The van der Waals surface area contributed by atoms with Crippen molar-refractivity contribution in [1.29, 1.82) is 0 Å². The fourth-order valence-electron chi connectivity index (χ4n) is 0.830. The van der Waals surface area contributed by atoms with E-state index in [1.807, 2.05) is 30.3 Å². The summed E-state index contributed by atoms with van der Waals surface area (Å²) in [6.07, 6.45) is 0. The van der Waals surface area contributed by atoms with E-state index in [1.54, 1.807) is 0 Å². The maximum Gasteiger partial charge on any atom is 0.315 e. The van der Waals surface area contributed by atoms with Crippen LogP contribution in [0.2, 0.25) is 0 Å². The number of ether oxygens (including phenoxy) is 1. The van der Waals surface area contributed by atoms with Crippen LogP contribution in [0, 0.1) is 0 Å². The molecule has 0 aromatic heterocycles. The Balaban J connectivity index is 2.39. The van der Waals surface area contributed by atoms with Gasteiger partial charge < -0.3 is 4.74 Å². The topological polar surface area (TPSA) is 26.3 Å². The minimum atomic E-state index is -3.25. The van der Waals surface area contributed by atoms with Gasteiger partial charge in [-0.05, 0) is 40.3 Å². The maximum absolute atomic E-state index is 11.0. The van der Waals surface area contributed by atoms with Crippen molar-refractivity contribution in [2.24, 2.45) is 0 Å². The summed E-state index contributed by atoms with van der Waals surface area (Å²) in [4.78, 5) is 0. The van der Waals surface area contributed by atoms with Crippen LogP contribution in [0.4, 0.5) is 0 Å². The largest absolute Gasteiger partial charge is 0.473 e. The molecule has 0 aliphatic heterocycles. The first-order valence-corrected chi connectivity index (χ1v) is 9.22. The Morgan fingerprint density at radius 2 is 2.00 bits per heavy atom. The summed E-state index contributed by atoms with van der Waals surface area (Å²) in [7, 11) is 0. The average Bonchev–Trinajstić information content (AvgIpc) is 2.14. The van der Waals surface area contributed by atoms with Gasteiger partial charge in [-0.1, -0.05) is 30.3 Å². The molecule has 82 valence electrons. The number of hydrogen-bond donors (Lipinski definition) is 0. The molecule has 0 N–H and O–H groups in total. The first-order valence-electron chi connectivity index (χ1n) is 3.87. The molecule has 15 heavy (non-hydrogen) atoms. The van der Waals surface area contributed by atoms with E-state index >= 15 is 0 Å². The van der Waals surface area contributed by atoms with Crippen molar-refractivity contribution in [1.82, 2.24) is 0 Å². The zero-order valence-corrected chi connectivity index (χ0v) is 11.5. The highest BCUT2D eigenvalue weighted by atomic mass is 35.9. The molecule has 0 aliphatic carbocycles. The van der Waals surface area contributed by atoms with Crippen LogP contribution in [0.25, 0.3) is 0 Å². The minimum absolute atomic E-state index is 0.0900. The molecule has 0 spiro atoms. The van der Waals surface area contributed by atoms with Crippen LogP contribution in [0.3, 0.4) is 0 Å². The Morgan fingerprint density at radius 3 is 2.53 bits per heavy atom. The Kier molecular flexibility index (Phi) is 5.44. The number of benzene rings is 1. The zero-order chi connectivity index (χ0) is 11.3. The van der Waals surface area contributed by atoms with Gasteiger partial charge in [-0.15, -0.1) is 0 Å². The molecular formula is C8H7Cl2O2PS2. The molecule has 0 radical (unpaired) electrons. The van der Waals surface area contributed by atoms with Gasteiger partial charge >= 0.3 is 5.05 Å². The second kappa shape index (κ2) is 6.12. The second-order valence-electron chi connectivity index (χ2n) is 2.53. The molecule has 1 rings (SSSR count). The summed E-state index contributed by atoms with van der Waals surface area (Å²) < 4.78 is 16.2. The van der Waals surface area contributed by atoms with Gasteiger partial charge in [-0.3, -0.25) is 4.57 Å². The number of hydrogen-bond acceptors (Lipinski definition) is 4. The Bertz CT molecular complexity index is 379. The third kappa shape index (κ3) is 6.44. The molecule has 0 heterocycles.